The molecule has 0 unspecified atom stereocenters. The molecule has 3 heterocycles. The number of carbonyl (C=O) groups is 1. The molecule has 130 valence electrons. The van der Waals surface area contributed by atoms with Crippen LogP contribution in [-0.2, 0) is 6.54 Å². The van der Waals surface area contributed by atoms with E-state index in [1.165, 1.54) is 0 Å². The largest absolute Gasteiger partial charge is 0.341 e. The lowest BCUT2D eigenvalue weighted by molar-refractivity contribution is 0.104. The first-order valence-electron chi connectivity index (χ1n) is 8.69. The fourth-order valence-electron chi connectivity index (χ4n) is 3.63. The van der Waals surface area contributed by atoms with Crippen LogP contribution in [0.2, 0.25) is 0 Å². The number of rotatable bonds is 2. The Morgan fingerprint density at radius 1 is 0.926 bits per heavy atom. The number of nitrogens with one attached hydrogen (secondary N) is 1. The Morgan fingerprint density at radius 2 is 1.63 bits per heavy atom. The van der Waals surface area contributed by atoms with Crippen LogP contribution in [0.4, 0.5) is 11.5 Å². The van der Waals surface area contributed by atoms with E-state index in [9.17, 15) is 9.59 Å². The highest BCUT2D eigenvalue weighted by molar-refractivity contribution is 6.19. The van der Waals surface area contributed by atoms with Gasteiger partial charge in [0.05, 0.1) is 12.1 Å². The number of anilines is 2. The van der Waals surface area contributed by atoms with Crippen LogP contribution >= 0.6 is 0 Å². The number of benzene rings is 2. The molecule has 0 radical (unpaired) electrons. The molecule has 0 bridgehead atoms. The molecule has 0 spiro atoms. The van der Waals surface area contributed by atoms with Crippen molar-refractivity contribution in [3.63, 3.8) is 0 Å². The number of para-hydroxylation sites is 1. The van der Waals surface area contributed by atoms with Crippen molar-refractivity contribution in [3.05, 3.63) is 100 Å². The maximum atomic E-state index is 13.4. The van der Waals surface area contributed by atoms with E-state index in [1.54, 1.807) is 35.2 Å². The summed E-state index contributed by atoms with van der Waals surface area (Å²) in [6.07, 6.45) is 3.19. The summed E-state index contributed by atoms with van der Waals surface area (Å²) < 4.78 is 1.65. The van der Waals surface area contributed by atoms with Gasteiger partial charge in [-0.1, -0.05) is 36.4 Å². The summed E-state index contributed by atoms with van der Waals surface area (Å²) in [4.78, 5) is 30.5. The Kier molecular flexibility index (Phi) is 3.40. The van der Waals surface area contributed by atoms with E-state index in [2.05, 4.69) is 10.3 Å². The van der Waals surface area contributed by atoms with Gasteiger partial charge in [0.2, 0.25) is 0 Å². The second-order valence-electron chi connectivity index (χ2n) is 6.51. The Bertz CT molecular complexity index is 1260. The molecule has 0 fully saturated rings. The van der Waals surface area contributed by atoms with E-state index >= 15 is 0 Å². The zero-order valence-electron chi connectivity index (χ0n) is 14.3. The first-order chi connectivity index (χ1) is 13.2. The predicted molar refractivity (Wildman–Crippen MR) is 105 cm³/mol. The number of ketones is 1. The molecule has 5 nitrogen and oxygen atoms in total. The highest BCUT2D eigenvalue weighted by Crippen LogP contribution is 2.33. The Balaban J connectivity index is 1.84. The maximum absolute atomic E-state index is 13.4. The summed E-state index contributed by atoms with van der Waals surface area (Å²) in [5.41, 5.74) is 2.87. The van der Waals surface area contributed by atoms with Crippen LogP contribution in [0.1, 0.15) is 21.5 Å². The number of hydrogen-bond donors (Lipinski definition) is 1. The molecule has 5 rings (SSSR count). The van der Waals surface area contributed by atoms with Gasteiger partial charge in [0.15, 0.2) is 5.78 Å². The van der Waals surface area contributed by atoms with E-state index in [0.717, 1.165) is 11.3 Å². The molecule has 0 aliphatic carbocycles. The standard InChI is InChI=1S/C22H15N3O2/c26-20(14-9-11-23-12-10-14)19-16-6-2-3-7-17(16)22(27)25-13-15-5-1-4-8-18(15)24-21(19)25/h1-12,24H,13H2. The van der Waals surface area contributed by atoms with E-state index in [1.807, 2.05) is 42.5 Å². The van der Waals surface area contributed by atoms with Gasteiger partial charge in [0, 0.05) is 34.4 Å². The summed E-state index contributed by atoms with van der Waals surface area (Å²) in [6, 6.07) is 18.5. The van der Waals surface area contributed by atoms with Gasteiger partial charge in [-0.25, -0.2) is 0 Å². The van der Waals surface area contributed by atoms with Crippen molar-refractivity contribution in [1.29, 1.82) is 0 Å². The van der Waals surface area contributed by atoms with Crippen molar-refractivity contribution in [3.8, 4) is 0 Å². The molecule has 4 aromatic rings. The lowest BCUT2D eigenvalue weighted by Gasteiger charge is -2.26. The summed E-state index contributed by atoms with van der Waals surface area (Å²) in [5.74, 6) is 0.406. The van der Waals surface area contributed by atoms with Gasteiger partial charge in [-0.2, -0.15) is 0 Å². The lowest BCUT2D eigenvalue weighted by atomic mass is 9.97. The van der Waals surface area contributed by atoms with Crippen LogP contribution in [-0.4, -0.2) is 15.3 Å². The number of nitrogens with zero attached hydrogens (tertiary/aromatic N) is 2. The molecular formula is C22H15N3O2. The van der Waals surface area contributed by atoms with Gasteiger partial charge < -0.3 is 5.32 Å². The zero-order chi connectivity index (χ0) is 18.4. The van der Waals surface area contributed by atoms with Gasteiger partial charge in [-0.05, 0) is 29.8 Å². The summed E-state index contributed by atoms with van der Waals surface area (Å²) in [5, 5.41) is 4.52. The van der Waals surface area contributed by atoms with Crippen LogP contribution < -0.4 is 10.9 Å². The second kappa shape index (κ2) is 5.92. The molecule has 1 aliphatic rings. The fourth-order valence-corrected chi connectivity index (χ4v) is 3.63. The zero-order valence-corrected chi connectivity index (χ0v) is 14.3. The summed E-state index contributed by atoms with van der Waals surface area (Å²) >= 11 is 0. The van der Waals surface area contributed by atoms with Crippen molar-refractivity contribution in [2.24, 2.45) is 0 Å². The van der Waals surface area contributed by atoms with Crippen LogP contribution in [0.3, 0.4) is 0 Å². The first-order valence-corrected chi connectivity index (χ1v) is 8.69. The minimum absolute atomic E-state index is 0.103. The molecule has 1 N–H and O–H groups in total. The molecule has 0 atom stereocenters. The van der Waals surface area contributed by atoms with Gasteiger partial charge in [0.1, 0.15) is 5.82 Å². The lowest BCUT2D eigenvalue weighted by Crippen LogP contribution is -2.29. The summed E-state index contributed by atoms with van der Waals surface area (Å²) in [6.45, 7) is 0.429. The Labute approximate surface area is 154 Å². The van der Waals surface area contributed by atoms with Crippen molar-refractivity contribution in [2.75, 3.05) is 5.32 Å². The van der Waals surface area contributed by atoms with Crippen molar-refractivity contribution >= 4 is 28.1 Å². The number of pyridine rings is 2. The van der Waals surface area contributed by atoms with Gasteiger partial charge in [-0.3, -0.25) is 19.1 Å². The minimum atomic E-state index is -0.135. The molecule has 5 heteroatoms. The molecule has 1 aliphatic heterocycles. The van der Waals surface area contributed by atoms with Crippen molar-refractivity contribution < 1.29 is 4.79 Å². The smallest absolute Gasteiger partial charge is 0.260 e. The topological polar surface area (TPSA) is 64.0 Å². The highest BCUT2D eigenvalue weighted by Gasteiger charge is 2.26. The quantitative estimate of drug-likeness (QED) is 0.491. The molecule has 0 amide bonds. The van der Waals surface area contributed by atoms with Gasteiger partial charge in [-0.15, -0.1) is 0 Å². The van der Waals surface area contributed by atoms with E-state index in [4.69, 9.17) is 0 Å². The average Bonchev–Trinajstić information content (AvgIpc) is 2.73. The van der Waals surface area contributed by atoms with Gasteiger partial charge >= 0.3 is 0 Å². The number of hydrogen-bond acceptors (Lipinski definition) is 4. The third kappa shape index (κ3) is 2.36. The predicted octanol–water partition coefficient (Wildman–Crippen LogP) is 3.73. The fraction of sp³-hybridized carbons (Fsp3) is 0.0455. The minimum Gasteiger partial charge on any atom is -0.341 e. The first kappa shape index (κ1) is 15.5. The average molecular weight is 353 g/mol. The molecule has 0 saturated carbocycles. The van der Waals surface area contributed by atoms with Crippen molar-refractivity contribution in [2.45, 2.75) is 6.54 Å². The second-order valence-corrected chi connectivity index (χ2v) is 6.51. The molecule has 27 heavy (non-hydrogen) atoms. The summed E-state index contributed by atoms with van der Waals surface area (Å²) in [7, 11) is 0. The van der Waals surface area contributed by atoms with Crippen LogP contribution in [0.25, 0.3) is 10.8 Å². The number of fused-ring (bicyclic) bond motifs is 3. The third-order valence-corrected chi connectivity index (χ3v) is 4.95. The van der Waals surface area contributed by atoms with Crippen LogP contribution in [0.15, 0.2) is 77.9 Å². The molecule has 0 saturated heterocycles. The van der Waals surface area contributed by atoms with Crippen LogP contribution in [0.5, 0.6) is 0 Å². The molecular weight excluding hydrogens is 338 g/mol. The molecule has 2 aromatic heterocycles. The van der Waals surface area contributed by atoms with E-state index in [0.29, 0.717) is 34.3 Å². The maximum Gasteiger partial charge on any atom is 0.260 e. The highest BCUT2D eigenvalue weighted by atomic mass is 16.1. The van der Waals surface area contributed by atoms with Gasteiger partial charge in [0.25, 0.3) is 5.56 Å². The third-order valence-electron chi connectivity index (χ3n) is 4.95. The SMILES string of the molecule is O=C(c1ccncc1)c1c2n(c(=O)c3ccccc13)Cc1ccccc1N2. The van der Waals surface area contributed by atoms with E-state index < -0.39 is 0 Å². The Morgan fingerprint density at radius 3 is 2.44 bits per heavy atom. The van der Waals surface area contributed by atoms with Crippen molar-refractivity contribution in [1.82, 2.24) is 9.55 Å². The normalized spacial score (nSPS) is 12.1. The van der Waals surface area contributed by atoms with E-state index in [-0.39, 0.29) is 11.3 Å². The number of carbonyl (C=O) groups excluding carboxylic acids is 1. The monoisotopic (exact) mass is 353 g/mol. The van der Waals surface area contributed by atoms with Crippen LogP contribution in [0, 0.1) is 0 Å². The Hall–Kier alpha value is -3.73. The molecule has 2 aromatic carbocycles. The number of aromatic nitrogens is 2.